The van der Waals surface area contributed by atoms with Crippen molar-refractivity contribution in [3.8, 4) is 0 Å². The molecular weight excluding hydrogens is 236 g/mol. The molecule has 1 N–H and O–H groups in total. The molecule has 2 rings (SSSR count). The first-order valence-electron chi connectivity index (χ1n) is 8.16. The Hall–Kier alpha value is -0.120. The Balaban J connectivity index is 0.000000191. The van der Waals surface area contributed by atoms with Crippen LogP contribution in [0.25, 0.3) is 0 Å². The summed E-state index contributed by atoms with van der Waals surface area (Å²) < 4.78 is 0. The Morgan fingerprint density at radius 1 is 1.00 bits per heavy atom. The molecule has 3 nitrogen and oxygen atoms in total. The molecule has 1 unspecified atom stereocenters. The number of hydrogen-bond acceptors (Lipinski definition) is 3. The molecule has 2 aliphatic rings. The monoisotopic (exact) mass is 270 g/mol. The molecule has 2 fully saturated rings. The summed E-state index contributed by atoms with van der Waals surface area (Å²) in [6, 6.07) is 0.888. The van der Waals surface area contributed by atoms with Crippen molar-refractivity contribution < 1.29 is 5.11 Å². The van der Waals surface area contributed by atoms with Crippen LogP contribution in [0, 0.1) is 0 Å². The molecule has 1 atom stereocenters. The topological polar surface area (TPSA) is 26.7 Å². The lowest BCUT2D eigenvalue weighted by molar-refractivity contribution is 0.114. The second kappa shape index (κ2) is 9.73. The van der Waals surface area contributed by atoms with E-state index in [1.807, 2.05) is 6.92 Å². The minimum Gasteiger partial charge on any atom is -0.392 e. The largest absolute Gasteiger partial charge is 0.392 e. The van der Waals surface area contributed by atoms with Crippen molar-refractivity contribution in [1.29, 1.82) is 0 Å². The maximum absolute atomic E-state index is 9.06. The van der Waals surface area contributed by atoms with Crippen LogP contribution in [-0.2, 0) is 0 Å². The van der Waals surface area contributed by atoms with Gasteiger partial charge in [0.25, 0.3) is 0 Å². The molecule has 1 heterocycles. The fourth-order valence-corrected chi connectivity index (χ4v) is 3.11. The van der Waals surface area contributed by atoms with E-state index in [2.05, 4.69) is 23.9 Å². The lowest BCUT2D eigenvalue weighted by atomic mass is 9.95. The van der Waals surface area contributed by atoms with Crippen LogP contribution in [0.3, 0.4) is 0 Å². The molecule has 0 amide bonds. The standard InChI is InChI=1S/C8H17NO.C8H17N/c1-8(10)7-9-5-3-2-4-6-9;1-9(2)8-6-4-3-5-7-8/h8,10H,2-7H2,1H3;8H,3-7H2,1-2H3. The van der Waals surface area contributed by atoms with Gasteiger partial charge in [-0.3, -0.25) is 0 Å². The van der Waals surface area contributed by atoms with Crippen molar-refractivity contribution in [1.82, 2.24) is 9.80 Å². The number of piperidine rings is 1. The van der Waals surface area contributed by atoms with Crippen molar-refractivity contribution in [2.45, 2.75) is 70.4 Å². The molecule has 114 valence electrons. The lowest BCUT2D eigenvalue weighted by Crippen LogP contribution is -2.35. The predicted octanol–water partition coefficient (Wildman–Crippen LogP) is 2.73. The number of likely N-dealkylation sites (tertiary alicyclic amines) is 1. The van der Waals surface area contributed by atoms with E-state index in [0.29, 0.717) is 0 Å². The van der Waals surface area contributed by atoms with Crippen LogP contribution in [-0.4, -0.2) is 60.8 Å². The van der Waals surface area contributed by atoms with Gasteiger partial charge in [-0.1, -0.05) is 25.7 Å². The lowest BCUT2D eigenvalue weighted by Gasteiger charge is -2.27. The average molecular weight is 270 g/mol. The number of aliphatic hydroxyl groups excluding tert-OH is 1. The Morgan fingerprint density at radius 3 is 1.95 bits per heavy atom. The summed E-state index contributed by atoms with van der Waals surface area (Å²) in [5.41, 5.74) is 0. The molecule has 0 aromatic heterocycles. The minimum atomic E-state index is -0.155. The van der Waals surface area contributed by atoms with E-state index in [1.54, 1.807) is 0 Å². The molecule has 0 aromatic rings. The molecule has 1 aliphatic heterocycles. The van der Waals surface area contributed by atoms with E-state index in [9.17, 15) is 0 Å². The third kappa shape index (κ3) is 7.91. The SMILES string of the molecule is CC(O)CN1CCCCC1.CN(C)C1CCCCC1. The second-order valence-electron chi connectivity index (χ2n) is 6.47. The number of rotatable bonds is 3. The summed E-state index contributed by atoms with van der Waals surface area (Å²) in [7, 11) is 4.38. The Labute approximate surface area is 120 Å². The Kier molecular flexibility index (Phi) is 8.67. The fourth-order valence-electron chi connectivity index (χ4n) is 3.11. The Bertz CT molecular complexity index is 207. The van der Waals surface area contributed by atoms with E-state index in [4.69, 9.17) is 5.11 Å². The number of hydrogen-bond donors (Lipinski definition) is 1. The van der Waals surface area contributed by atoms with Crippen molar-refractivity contribution in [3.63, 3.8) is 0 Å². The van der Waals surface area contributed by atoms with Gasteiger partial charge in [0, 0.05) is 12.6 Å². The van der Waals surface area contributed by atoms with Crippen LogP contribution in [0.2, 0.25) is 0 Å². The fraction of sp³-hybridized carbons (Fsp3) is 1.00. The zero-order chi connectivity index (χ0) is 14.1. The third-order valence-corrected chi connectivity index (χ3v) is 4.28. The first kappa shape index (κ1) is 16.9. The molecule has 0 aromatic carbocycles. The van der Waals surface area contributed by atoms with Crippen molar-refractivity contribution in [2.24, 2.45) is 0 Å². The second-order valence-corrected chi connectivity index (χ2v) is 6.47. The van der Waals surface area contributed by atoms with Gasteiger partial charge in [0.15, 0.2) is 0 Å². The maximum atomic E-state index is 9.06. The van der Waals surface area contributed by atoms with E-state index in [-0.39, 0.29) is 6.10 Å². The van der Waals surface area contributed by atoms with Crippen LogP contribution < -0.4 is 0 Å². The summed E-state index contributed by atoms with van der Waals surface area (Å²) in [4.78, 5) is 4.70. The molecular formula is C16H34N2O. The molecule has 3 heteroatoms. The summed E-state index contributed by atoms with van der Waals surface area (Å²) >= 11 is 0. The zero-order valence-corrected chi connectivity index (χ0v) is 13.3. The van der Waals surface area contributed by atoms with Gasteiger partial charge >= 0.3 is 0 Å². The van der Waals surface area contributed by atoms with Crippen LogP contribution in [0.15, 0.2) is 0 Å². The highest BCUT2D eigenvalue weighted by molar-refractivity contribution is 4.70. The minimum absolute atomic E-state index is 0.155. The quantitative estimate of drug-likeness (QED) is 0.854. The molecule has 1 saturated carbocycles. The zero-order valence-electron chi connectivity index (χ0n) is 13.3. The van der Waals surface area contributed by atoms with Gasteiger partial charge in [-0.25, -0.2) is 0 Å². The molecule has 1 aliphatic carbocycles. The maximum Gasteiger partial charge on any atom is 0.0639 e. The molecule has 0 radical (unpaired) electrons. The number of nitrogens with zero attached hydrogens (tertiary/aromatic N) is 2. The third-order valence-electron chi connectivity index (χ3n) is 4.28. The summed E-state index contributed by atoms with van der Waals surface area (Å²) in [5.74, 6) is 0. The van der Waals surface area contributed by atoms with E-state index >= 15 is 0 Å². The first-order valence-corrected chi connectivity index (χ1v) is 8.16. The highest BCUT2D eigenvalue weighted by Crippen LogP contribution is 2.20. The van der Waals surface area contributed by atoms with Gasteiger partial charge in [-0.15, -0.1) is 0 Å². The molecule has 19 heavy (non-hydrogen) atoms. The number of aliphatic hydroxyl groups is 1. The van der Waals surface area contributed by atoms with Crippen LogP contribution in [0.5, 0.6) is 0 Å². The smallest absolute Gasteiger partial charge is 0.0639 e. The van der Waals surface area contributed by atoms with Crippen LogP contribution in [0.1, 0.15) is 58.3 Å². The van der Waals surface area contributed by atoms with Crippen LogP contribution in [0.4, 0.5) is 0 Å². The van der Waals surface area contributed by atoms with Gasteiger partial charge < -0.3 is 14.9 Å². The average Bonchev–Trinajstić information content (AvgIpc) is 2.41. The predicted molar refractivity (Wildman–Crippen MR) is 82.5 cm³/mol. The molecule has 0 spiro atoms. The normalized spacial score (nSPS) is 23.8. The van der Waals surface area contributed by atoms with Gasteiger partial charge in [0.2, 0.25) is 0 Å². The van der Waals surface area contributed by atoms with Crippen LogP contribution >= 0.6 is 0 Å². The van der Waals surface area contributed by atoms with Gasteiger partial charge in [0.05, 0.1) is 6.10 Å². The van der Waals surface area contributed by atoms with E-state index in [1.165, 1.54) is 64.5 Å². The van der Waals surface area contributed by atoms with E-state index < -0.39 is 0 Å². The van der Waals surface area contributed by atoms with Crippen molar-refractivity contribution in [2.75, 3.05) is 33.7 Å². The first-order chi connectivity index (χ1) is 9.09. The summed E-state index contributed by atoms with van der Waals surface area (Å²) in [6.07, 6.45) is 11.0. The molecule has 1 saturated heterocycles. The number of β-amino-alcohol motifs (C(OH)–C–C–N with tert-alkyl or cyclic N) is 1. The highest BCUT2D eigenvalue weighted by atomic mass is 16.3. The Morgan fingerprint density at radius 2 is 1.53 bits per heavy atom. The van der Waals surface area contributed by atoms with Crippen molar-refractivity contribution in [3.05, 3.63) is 0 Å². The van der Waals surface area contributed by atoms with Gasteiger partial charge in [-0.05, 0) is 59.8 Å². The molecule has 0 bridgehead atoms. The van der Waals surface area contributed by atoms with Gasteiger partial charge in [0.1, 0.15) is 0 Å². The van der Waals surface area contributed by atoms with Gasteiger partial charge in [-0.2, -0.15) is 0 Å². The summed E-state index contributed by atoms with van der Waals surface area (Å²) in [6.45, 7) is 5.09. The summed E-state index contributed by atoms with van der Waals surface area (Å²) in [5, 5.41) is 9.06. The highest BCUT2D eigenvalue weighted by Gasteiger charge is 2.14. The van der Waals surface area contributed by atoms with Crippen molar-refractivity contribution >= 4 is 0 Å². The van der Waals surface area contributed by atoms with E-state index in [0.717, 1.165) is 12.6 Å².